The lowest BCUT2D eigenvalue weighted by molar-refractivity contribution is -0.383. The minimum atomic E-state index is -1.41. The summed E-state index contributed by atoms with van der Waals surface area (Å²) >= 11 is 5.85. The first-order valence-corrected chi connectivity index (χ1v) is 7.04. The molecule has 0 heterocycles. The van der Waals surface area contributed by atoms with E-state index >= 15 is 0 Å². The van der Waals surface area contributed by atoms with Crippen LogP contribution < -0.4 is 10.1 Å². The van der Waals surface area contributed by atoms with Crippen LogP contribution in [0.2, 0.25) is 5.02 Å². The highest BCUT2D eigenvalue weighted by molar-refractivity contribution is 6.34. The second-order valence-electron chi connectivity index (χ2n) is 4.58. The van der Waals surface area contributed by atoms with Gasteiger partial charge in [-0.25, -0.2) is 9.59 Å². The number of nitrogens with zero attached hydrogens (tertiary/aromatic N) is 1. The van der Waals surface area contributed by atoms with Gasteiger partial charge in [0, 0.05) is 11.8 Å². The number of nitro groups is 1. The van der Waals surface area contributed by atoms with E-state index in [1.54, 1.807) is 0 Å². The molecule has 25 heavy (non-hydrogen) atoms. The number of carboxylic acid groups (broad SMARTS) is 1. The van der Waals surface area contributed by atoms with E-state index in [1.165, 1.54) is 24.3 Å². The maximum atomic E-state index is 11.4. The van der Waals surface area contributed by atoms with Crippen molar-refractivity contribution in [1.82, 2.24) is 0 Å². The zero-order chi connectivity index (χ0) is 18.6. The first-order valence-electron chi connectivity index (χ1n) is 6.66. The summed E-state index contributed by atoms with van der Waals surface area (Å²) in [6.45, 7) is 0. The maximum Gasteiger partial charge on any atom is 0.513 e. The Kier molecular flexibility index (Phi) is 5.40. The van der Waals surface area contributed by atoms with Crippen molar-refractivity contribution >= 4 is 40.8 Å². The van der Waals surface area contributed by atoms with Gasteiger partial charge >= 0.3 is 12.1 Å². The van der Waals surface area contributed by atoms with E-state index in [2.05, 4.69) is 10.1 Å². The second kappa shape index (κ2) is 7.49. The average molecular weight is 367 g/mol. The Morgan fingerprint density at radius 1 is 1.20 bits per heavy atom. The quantitative estimate of drug-likeness (QED) is 0.353. The van der Waals surface area contributed by atoms with Gasteiger partial charge in [0.15, 0.2) is 0 Å². The molecule has 0 fully saturated rings. The molecule has 0 spiro atoms. The number of carbonyl (C=O) groups is 2. The van der Waals surface area contributed by atoms with Gasteiger partial charge in [-0.1, -0.05) is 11.6 Å². The Morgan fingerprint density at radius 2 is 1.84 bits per heavy atom. The van der Waals surface area contributed by atoms with Crippen LogP contribution in [-0.4, -0.2) is 29.3 Å². The van der Waals surface area contributed by atoms with Gasteiger partial charge in [0.2, 0.25) is 0 Å². The standard InChI is InChI=1S/C15H11ClN2O7/c1-24-15(21)25-9-4-2-8(3-5-9)17-13-11(18(22)23)7-6-10(16)12(13)14(19)20/h2-7,17H,1H3,(H,19,20). The van der Waals surface area contributed by atoms with Gasteiger partial charge in [0.05, 0.1) is 17.1 Å². The fourth-order valence-corrected chi connectivity index (χ4v) is 2.18. The number of anilines is 2. The number of benzene rings is 2. The fraction of sp³-hybridized carbons (Fsp3) is 0.0667. The highest BCUT2D eigenvalue weighted by Crippen LogP contribution is 2.36. The van der Waals surface area contributed by atoms with E-state index < -0.39 is 28.3 Å². The van der Waals surface area contributed by atoms with Crippen molar-refractivity contribution in [3.05, 3.63) is 57.1 Å². The molecule has 2 N–H and O–H groups in total. The van der Waals surface area contributed by atoms with Gasteiger partial charge in [-0.15, -0.1) is 0 Å². The Bertz CT molecular complexity index is 837. The van der Waals surface area contributed by atoms with Crippen LogP contribution in [0.3, 0.4) is 0 Å². The van der Waals surface area contributed by atoms with E-state index in [4.69, 9.17) is 16.3 Å². The maximum absolute atomic E-state index is 11.4. The molecular formula is C15H11ClN2O7. The summed E-state index contributed by atoms with van der Waals surface area (Å²) in [5.41, 5.74) is -0.806. The molecule has 2 aromatic carbocycles. The van der Waals surface area contributed by atoms with E-state index in [-0.39, 0.29) is 16.5 Å². The molecule has 0 aliphatic heterocycles. The molecule has 0 atom stereocenters. The third kappa shape index (κ3) is 4.15. The van der Waals surface area contributed by atoms with Crippen LogP contribution >= 0.6 is 11.6 Å². The highest BCUT2D eigenvalue weighted by atomic mass is 35.5. The van der Waals surface area contributed by atoms with E-state index in [1.807, 2.05) is 0 Å². The SMILES string of the molecule is COC(=O)Oc1ccc(Nc2c([N+](=O)[O-])ccc(Cl)c2C(=O)O)cc1. The van der Waals surface area contributed by atoms with Crippen molar-refractivity contribution < 1.29 is 29.1 Å². The van der Waals surface area contributed by atoms with Crippen LogP contribution in [-0.2, 0) is 4.74 Å². The number of carboxylic acids is 1. The topological polar surface area (TPSA) is 128 Å². The molecule has 0 unspecified atom stereocenters. The number of halogens is 1. The summed E-state index contributed by atoms with van der Waals surface area (Å²) in [6, 6.07) is 7.92. The summed E-state index contributed by atoms with van der Waals surface area (Å²) in [7, 11) is 1.16. The molecule has 9 nitrogen and oxygen atoms in total. The zero-order valence-electron chi connectivity index (χ0n) is 12.7. The van der Waals surface area contributed by atoms with Gasteiger partial charge in [0.1, 0.15) is 17.0 Å². The van der Waals surface area contributed by atoms with Gasteiger partial charge in [-0.3, -0.25) is 10.1 Å². The normalized spacial score (nSPS) is 10.0. The first-order chi connectivity index (χ1) is 11.8. The Labute approximate surface area is 145 Å². The minimum absolute atomic E-state index is 0.147. The minimum Gasteiger partial charge on any atom is -0.478 e. The zero-order valence-corrected chi connectivity index (χ0v) is 13.4. The van der Waals surface area contributed by atoms with Crippen LogP contribution in [0.25, 0.3) is 0 Å². The summed E-state index contributed by atoms with van der Waals surface area (Å²) < 4.78 is 9.15. The summed E-state index contributed by atoms with van der Waals surface area (Å²) in [6.07, 6.45) is -0.903. The number of rotatable bonds is 5. The molecule has 0 saturated heterocycles. The largest absolute Gasteiger partial charge is 0.513 e. The second-order valence-corrected chi connectivity index (χ2v) is 4.99. The molecule has 2 rings (SSSR count). The number of carbonyl (C=O) groups excluding carboxylic acids is 1. The Balaban J connectivity index is 2.39. The summed E-state index contributed by atoms with van der Waals surface area (Å²) in [5.74, 6) is -1.24. The number of hydrogen-bond acceptors (Lipinski definition) is 7. The highest BCUT2D eigenvalue weighted by Gasteiger charge is 2.25. The molecule has 0 amide bonds. The van der Waals surface area contributed by atoms with Crippen molar-refractivity contribution in [3.63, 3.8) is 0 Å². The molecule has 2 aromatic rings. The Hall–Kier alpha value is -3.33. The summed E-state index contributed by atoms with van der Waals surface area (Å²) in [4.78, 5) is 32.9. The van der Waals surface area contributed by atoms with Crippen molar-refractivity contribution in [2.24, 2.45) is 0 Å². The number of ether oxygens (including phenoxy) is 2. The first kappa shape index (κ1) is 18.0. The number of nitrogens with one attached hydrogen (secondary N) is 1. The van der Waals surface area contributed by atoms with Crippen LogP contribution in [0, 0.1) is 10.1 Å². The van der Waals surface area contributed by atoms with Gasteiger partial charge < -0.3 is 19.9 Å². The number of methoxy groups -OCH3 is 1. The fourth-order valence-electron chi connectivity index (χ4n) is 1.94. The molecule has 0 aromatic heterocycles. The molecular weight excluding hydrogens is 356 g/mol. The van der Waals surface area contributed by atoms with E-state index in [0.717, 1.165) is 19.2 Å². The number of nitro benzene ring substituents is 1. The third-order valence-corrected chi connectivity index (χ3v) is 3.35. The predicted molar refractivity (Wildman–Crippen MR) is 87.8 cm³/mol. The molecule has 0 bridgehead atoms. The van der Waals surface area contributed by atoms with Gasteiger partial charge in [-0.05, 0) is 30.3 Å². The molecule has 10 heteroatoms. The molecule has 130 valence electrons. The van der Waals surface area contributed by atoms with Crippen LogP contribution in [0.4, 0.5) is 21.9 Å². The van der Waals surface area contributed by atoms with Crippen LogP contribution in [0.1, 0.15) is 10.4 Å². The lowest BCUT2D eigenvalue weighted by Crippen LogP contribution is -2.08. The smallest absolute Gasteiger partial charge is 0.478 e. The monoisotopic (exact) mass is 366 g/mol. The lowest BCUT2D eigenvalue weighted by atomic mass is 10.1. The predicted octanol–water partition coefficient (Wildman–Crippen LogP) is 3.84. The molecule has 0 saturated carbocycles. The molecule has 0 aliphatic carbocycles. The van der Waals surface area contributed by atoms with Crippen molar-refractivity contribution in [2.45, 2.75) is 0 Å². The van der Waals surface area contributed by atoms with Crippen molar-refractivity contribution in [3.8, 4) is 5.75 Å². The van der Waals surface area contributed by atoms with Crippen LogP contribution in [0.15, 0.2) is 36.4 Å². The van der Waals surface area contributed by atoms with E-state index in [0.29, 0.717) is 5.69 Å². The van der Waals surface area contributed by atoms with Crippen LogP contribution in [0.5, 0.6) is 5.75 Å². The molecule has 0 radical (unpaired) electrons. The van der Waals surface area contributed by atoms with Crippen molar-refractivity contribution in [2.75, 3.05) is 12.4 Å². The van der Waals surface area contributed by atoms with E-state index in [9.17, 15) is 24.8 Å². The van der Waals surface area contributed by atoms with Gasteiger partial charge in [-0.2, -0.15) is 0 Å². The summed E-state index contributed by atoms with van der Waals surface area (Å²) in [5, 5.41) is 23.0. The number of aromatic carboxylic acids is 1. The third-order valence-electron chi connectivity index (χ3n) is 3.03. The lowest BCUT2D eigenvalue weighted by Gasteiger charge is -2.12. The number of hydrogen-bond donors (Lipinski definition) is 2. The average Bonchev–Trinajstić information content (AvgIpc) is 2.56. The van der Waals surface area contributed by atoms with Crippen molar-refractivity contribution in [1.29, 1.82) is 0 Å². The Morgan fingerprint density at radius 3 is 2.36 bits per heavy atom. The van der Waals surface area contributed by atoms with Gasteiger partial charge in [0.25, 0.3) is 5.69 Å². The molecule has 0 aliphatic rings.